The van der Waals surface area contributed by atoms with Gasteiger partial charge in [0, 0.05) is 36.6 Å². The van der Waals surface area contributed by atoms with Gasteiger partial charge in [0.15, 0.2) is 11.5 Å². The molecule has 31 heavy (non-hydrogen) atoms. The highest BCUT2D eigenvalue weighted by molar-refractivity contribution is 5.82. The monoisotopic (exact) mass is 420 g/mol. The summed E-state index contributed by atoms with van der Waals surface area (Å²) < 4.78 is 11.0. The zero-order chi connectivity index (χ0) is 21.8. The van der Waals surface area contributed by atoms with E-state index in [4.69, 9.17) is 19.4 Å². The van der Waals surface area contributed by atoms with Gasteiger partial charge >= 0.3 is 0 Å². The van der Waals surface area contributed by atoms with Crippen LogP contribution in [-0.2, 0) is 6.54 Å². The second-order valence-electron chi connectivity index (χ2n) is 8.28. The topological polar surface area (TPSA) is 59.5 Å². The van der Waals surface area contributed by atoms with Gasteiger partial charge in [0.05, 0.1) is 25.4 Å². The second kappa shape index (κ2) is 9.52. The number of aromatic nitrogens is 2. The van der Waals surface area contributed by atoms with Crippen molar-refractivity contribution >= 4 is 16.9 Å². The van der Waals surface area contributed by atoms with E-state index in [-0.39, 0.29) is 0 Å². The number of hydrogen-bond donors (Lipinski definition) is 1. The first kappa shape index (κ1) is 21.4. The smallest absolute Gasteiger partial charge is 0.226 e. The molecule has 1 aromatic heterocycles. The molecule has 0 spiro atoms. The van der Waals surface area contributed by atoms with Gasteiger partial charge in [-0.1, -0.05) is 24.3 Å². The maximum Gasteiger partial charge on any atom is 0.226 e. The normalized spacial score (nSPS) is 16.9. The molecule has 1 saturated heterocycles. The van der Waals surface area contributed by atoms with Crippen LogP contribution in [0.1, 0.15) is 36.1 Å². The Bertz CT molecular complexity index is 1050. The summed E-state index contributed by atoms with van der Waals surface area (Å²) in [6, 6.07) is 12.9. The van der Waals surface area contributed by atoms with E-state index in [1.54, 1.807) is 14.2 Å². The number of para-hydroxylation sites is 1. The number of nitrogens with one attached hydrogen (secondary N) is 1. The van der Waals surface area contributed by atoms with Crippen LogP contribution >= 0.6 is 0 Å². The highest BCUT2D eigenvalue weighted by Crippen LogP contribution is 2.31. The largest absolute Gasteiger partial charge is 0.493 e. The fourth-order valence-electron chi connectivity index (χ4n) is 4.37. The van der Waals surface area contributed by atoms with Crippen LogP contribution in [0.25, 0.3) is 10.9 Å². The number of methoxy groups -OCH3 is 2. The summed E-state index contributed by atoms with van der Waals surface area (Å²) in [6.45, 7) is 6.87. The van der Waals surface area contributed by atoms with Crippen LogP contribution in [0.2, 0.25) is 0 Å². The van der Waals surface area contributed by atoms with Crippen molar-refractivity contribution in [1.82, 2.24) is 15.3 Å². The van der Waals surface area contributed by atoms with Crippen molar-refractivity contribution in [2.24, 2.45) is 0 Å². The molecule has 2 heterocycles. The van der Waals surface area contributed by atoms with Crippen molar-refractivity contribution in [2.45, 2.75) is 45.7 Å². The Hall–Kier alpha value is -2.86. The minimum Gasteiger partial charge on any atom is -0.493 e. The van der Waals surface area contributed by atoms with Crippen LogP contribution < -0.4 is 19.7 Å². The number of benzene rings is 2. The standard InChI is InChI=1S/C25H32N4O2/c1-17-10-11-21-18(2)27-25(28-22(21)15-17)29-13-6-8-20(12-14-29)26-16-19-7-5-9-23(30-3)24(19)31-4/h5,7,9-11,15,20,26H,6,8,12-14,16H2,1-4H3. The molecule has 0 bridgehead atoms. The lowest BCUT2D eigenvalue weighted by Crippen LogP contribution is -2.31. The zero-order valence-corrected chi connectivity index (χ0v) is 18.9. The number of nitrogens with zero attached hydrogens (tertiary/aromatic N) is 3. The Balaban J connectivity index is 1.43. The van der Waals surface area contributed by atoms with Crippen LogP contribution in [0.15, 0.2) is 36.4 Å². The zero-order valence-electron chi connectivity index (χ0n) is 18.9. The van der Waals surface area contributed by atoms with Crippen molar-refractivity contribution in [3.05, 3.63) is 53.2 Å². The molecule has 1 aliphatic rings. The molecule has 2 aromatic carbocycles. The van der Waals surface area contributed by atoms with E-state index in [2.05, 4.69) is 48.3 Å². The van der Waals surface area contributed by atoms with E-state index in [0.29, 0.717) is 6.04 Å². The number of ether oxygens (including phenoxy) is 2. The summed E-state index contributed by atoms with van der Waals surface area (Å²) in [4.78, 5) is 12.0. The van der Waals surface area contributed by atoms with Gasteiger partial charge in [-0.2, -0.15) is 0 Å². The van der Waals surface area contributed by atoms with Crippen LogP contribution in [0, 0.1) is 13.8 Å². The van der Waals surface area contributed by atoms with Crippen LogP contribution in [0.3, 0.4) is 0 Å². The molecule has 1 aliphatic heterocycles. The van der Waals surface area contributed by atoms with Gasteiger partial charge in [0.2, 0.25) is 5.95 Å². The Morgan fingerprint density at radius 2 is 1.90 bits per heavy atom. The van der Waals surface area contributed by atoms with Crippen LogP contribution in [0.5, 0.6) is 11.5 Å². The second-order valence-corrected chi connectivity index (χ2v) is 8.28. The molecule has 1 fully saturated rings. The van der Waals surface area contributed by atoms with Gasteiger partial charge < -0.3 is 19.7 Å². The fourth-order valence-corrected chi connectivity index (χ4v) is 4.37. The van der Waals surface area contributed by atoms with Crippen LogP contribution in [0.4, 0.5) is 5.95 Å². The number of anilines is 1. The first-order valence-electron chi connectivity index (χ1n) is 11.0. The van der Waals surface area contributed by atoms with Crippen molar-refractivity contribution < 1.29 is 9.47 Å². The molecule has 3 aromatic rings. The summed E-state index contributed by atoms with van der Waals surface area (Å²) in [7, 11) is 3.37. The fraction of sp³-hybridized carbons (Fsp3) is 0.440. The summed E-state index contributed by atoms with van der Waals surface area (Å²) >= 11 is 0. The van der Waals surface area contributed by atoms with Gasteiger partial charge in [0.1, 0.15) is 0 Å². The number of hydrogen-bond acceptors (Lipinski definition) is 6. The third kappa shape index (κ3) is 4.74. The maximum atomic E-state index is 5.57. The summed E-state index contributed by atoms with van der Waals surface area (Å²) in [5.41, 5.74) is 4.42. The highest BCUT2D eigenvalue weighted by Gasteiger charge is 2.20. The molecule has 164 valence electrons. The molecule has 4 rings (SSSR count). The van der Waals surface area contributed by atoms with E-state index >= 15 is 0 Å². The van der Waals surface area contributed by atoms with Gasteiger partial charge in [0.25, 0.3) is 0 Å². The lowest BCUT2D eigenvalue weighted by molar-refractivity contribution is 0.349. The Morgan fingerprint density at radius 1 is 1.03 bits per heavy atom. The minimum atomic E-state index is 0.449. The van der Waals surface area contributed by atoms with E-state index in [9.17, 15) is 0 Å². The molecule has 0 radical (unpaired) electrons. The predicted octanol–water partition coefficient (Wildman–Crippen LogP) is 4.41. The van der Waals surface area contributed by atoms with Gasteiger partial charge in [-0.05, 0) is 50.8 Å². The third-order valence-corrected chi connectivity index (χ3v) is 6.11. The van der Waals surface area contributed by atoms with Gasteiger partial charge in [-0.25, -0.2) is 9.97 Å². The summed E-state index contributed by atoms with van der Waals surface area (Å²) in [6.07, 6.45) is 3.30. The lowest BCUT2D eigenvalue weighted by atomic mass is 10.1. The van der Waals surface area contributed by atoms with Crippen molar-refractivity contribution in [3.63, 3.8) is 0 Å². The summed E-state index contributed by atoms with van der Waals surface area (Å²) in [5.74, 6) is 2.43. The SMILES string of the molecule is COc1cccc(CNC2CCCN(c3nc(C)c4ccc(C)cc4n3)CC2)c1OC. The van der Waals surface area contributed by atoms with E-state index in [0.717, 1.165) is 78.5 Å². The van der Waals surface area contributed by atoms with E-state index in [1.807, 2.05) is 12.1 Å². The minimum absolute atomic E-state index is 0.449. The number of fused-ring (bicyclic) bond motifs is 1. The number of aryl methyl sites for hydroxylation is 2. The lowest BCUT2D eigenvalue weighted by Gasteiger charge is -2.22. The average Bonchev–Trinajstić information content (AvgIpc) is 3.02. The number of rotatable bonds is 6. The average molecular weight is 421 g/mol. The molecule has 6 nitrogen and oxygen atoms in total. The quantitative estimate of drug-likeness (QED) is 0.637. The third-order valence-electron chi connectivity index (χ3n) is 6.11. The van der Waals surface area contributed by atoms with Crippen LogP contribution in [-0.4, -0.2) is 43.3 Å². The first-order valence-corrected chi connectivity index (χ1v) is 11.0. The van der Waals surface area contributed by atoms with E-state index in [1.165, 1.54) is 5.56 Å². The maximum absolute atomic E-state index is 5.57. The predicted molar refractivity (Wildman–Crippen MR) is 125 cm³/mol. The van der Waals surface area contributed by atoms with Gasteiger partial charge in [-0.3, -0.25) is 0 Å². The molecular formula is C25H32N4O2. The Labute approximate surface area is 184 Å². The highest BCUT2D eigenvalue weighted by atomic mass is 16.5. The molecule has 1 N–H and O–H groups in total. The Kier molecular flexibility index (Phi) is 6.56. The molecule has 6 heteroatoms. The molecular weight excluding hydrogens is 388 g/mol. The van der Waals surface area contributed by atoms with Gasteiger partial charge in [-0.15, -0.1) is 0 Å². The molecule has 0 aliphatic carbocycles. The Morgan fingerprint density at radius 3 is 2.71 bits per heavy atom. The molecule has 1 atom stereocenters. The van der Waals surface area contributed by atoms with Crippen molar-refractivity contribution in [1.29, 1.82) is 0 Å². The molecule has 1 unspecified atom stereocenters. The van der Waals surface area contributed by atoms with Crippen molar-refractivity contribution in [2.75, 3.05) is 32.2 Å². The molecule has 0 saturated carbocycles. The summed E-state index contributed by atoms with van der Waals surface area (Å²) in [5, 5.41) is 4.86. The molecule has 0 amide bonds. The first-order chi connectivity index (χ1) is 15.1. The van der Waals surface area contributed by atoms with E-state index < -0.39 is 0 Å². The van der Waals surface area contributed by atoms with Crippen molar-refractivity contribution in [3.8, 4) is 11.5 Å².